The number of nitrogens with zero attached hydrogens (tertiary/aromatic N) is 4. The van der Waals surface area contributed by atoms with Crippen LogP contribution in [0.4, 0.5) is 5.69 Å². The molecule has 1 fully saturated rings. The number of aryl methyl sites for hydroxylation is 1. The third kappa shape index (κ3) is 5.28. The number of rotatable bonds is 6. The number of carbonyl (C=O) groups excluding carboxylic acids is 2. The zero-order chi connectivity index (χ0) is 25.9. The minimum absolute atomic E-state index is 0.0992. The van der Waals surface area contributed by atoms with Crippen LogP contribution in [0.2, 0.25) is 0 Å². The molecule has 2 aliphatic heterocycles. The van der Waals surface area contributed by atoms with Crippen LogP contribution in [-0.2, 0) is 11.2 Å². The predicted octanol–water partition coefficient (Wildman–Crippen LogP) is 4.29. The van der Waals surface area contributed by atoms with Crippen molar-refractivity contribution >= 4 is 28.8 Å². The van der Waals surface area contributed by atoms with Gasteiger partial charge >= 0.3 is 0 Å². The summed E-state index contributed by atoms with van der Waals surface area (Å²) in [5.41, 5.74) is 4.10. The quantitative estimate of drug-likeness (QED) is 0.359. The molecule has 2 aliphatic rings. The number of carbonyl (C=O) groups is 2. The second-order valence-corrected chi connectivity index (χ2v) is 10.6. The van der Waals surface area contributed by atoms with E-state index in [9.17, 15) is 19.7 Å². The van der Waals surface area contributed by atoms with E-state index in [0.717, 1.165) is 13.0 Å². The average Bonchev–Trinajstić information content (AvgIpc) is 3.41. The number of piperazine rings is 1. The molecular weight excluding hydrogens is 488 g/mol. The maximum absolute atomic E-state index is 13.1. The summed E-state index contributed by atoms with van der Waals surface area (Å²) in [5, 5.41) is 13.2. The minimum atomic E-state index is -0.501. The lowest BCUT2D eigenvalue weighted by atomic mass is 9.90. The summed E-state index contributed by atoms with van der Waals surface area (Å²) in [7, 11) is 0. The number of non-ortho nitro benzene ring substituents is 1. The summed E-state index contributed by atoms with van der Waals surface area (Å²) in [6, 6.07) is 16.7. The van der Waals surface area contributed by atoms with Crippen molar-refractivity contribution < 1.29 is 14.5 Å². The lowest BCUT2D eigenvalue weighted by Gasteiger charge is -2.38. The number of amides is 2. The lowest BCUT2D eigenvalue weighted by molar-refractivity contribution is -0.384. The number of hydrogen-bond donors (Lipinski definition) is 0. The van der Waals surface area contributed by atoms with Gasteiger partial charge in [0.05, 0.1) is 11.0 Å². The van der Waals surface area contributed by atoms with E-state index < -0.39 is 4.92 Å². The summed E-state index contributed by atoms with van der Waals surface area (Å²) in [6.45, 7) is 5.52. The number of nitro benzene ring substituents is 1. The fourth-order valence-electron chi connectivity index (χ4n) is 5.36. The Labute approximate surface area is 220 Å². The van der Waals surface area contributed by atoms with Crippen LogP contribution >= 0.6 is 11.3 Å². The normalized spacial score (nSPS) is 17.9. The Balaban J connectivity index is 1.19. The van der Waals surface area contributed by atoms with Crippen LogP contribution < -0.4 is 0 Å². The van der Waals surface area contributed by atoms with Crippen molar-refractivity contribution in [3.05, 3.63) is 97.2 Å². The highest BCUT2D eigenvalue weighted by Crippen LogP contribution is 2.38. The first-order valence-corrected chi connectivity index (χ1v) is 13.5. The summed E-state index contributed by atoms with van der Waals surface area (Å²) in [6.07, 6.45) is 1.43. The van der Waals surface area contributed by atoms with E-state index in [0.29, 0.717) is 44.7 Å². The molecule has 0 aliphatic carbocycles. The van der Waals surface area contributed by atoms with E-state index in [1.807, 2.05) is 16.2 Å². The third-order valence-electron chi connectivity index (χ3n) is 7.39. The van der Waals surface area contributed by atoms with Gasteiger partial charge in [0.2, 0.25) is 5.91 Å². The molecule has 8 nitrogen and oxygen atoms in total. The number of thiophene rings is 1. The van der Waals surface area contributed by atoms with Crippen molar-refractivity contribution in [3.63, 3.8) is 0 Å². The highest BCUT2D eigenvalue weighted by molar-refractivity contribution is 7.10. The van der Waals surface area contributed by atoms with Gasteiger partial charge in [0.15, 0.2) is 0 Å². The van der Waals surface area contributed by atoms with Gasteiger partial charge in [-0.15, -0.1) is 11.3 Å². The summed E-state index contributed by atoms with van der Waals surface area (Å²) >= 11 is 1.81. The van der Waals surface area contributed by atoms with Crippen LogP contribution in [0.1, 0.15) is 44.4 Å². The van der Waals surface area contributed by atoms with Gasteiger partial charge in [-0.3, -0.25) is 24.6 Å². The Morgan fingerprint density at radius 3 is 2.49 bits per heavy atom. The largest absolute Gasteiger partial charge is 0.339 e. The number of hydrogen-bond acceptors (Lipinski definition) is 6. The molecule has 37 heavy (non-hydrogen) atoms. The van der Waals surface area contributed by atoms with Crippen LogP contribution in [0.25, 0.3) is 0 Å². The average molecular weight is 519 g/mol. The molecule has 0 radical (unpaired) electrons. The van der Waals surface area contributed by atoms with Crippen molar-refractivity contribution in [3.8, 4) is 0 Å². The topological polar surface area (TPSA) is 87.0 Å². The fourth-order valence-corrected chi connectivity index (χ4v) is 6.26. The standard InChI is InChI=1S/C28H30N4O4S/c1-20-5-2-3-8-23(20)27-24-11-18-37-25(24)9-12-30(27)13-10-26(33)29-14-16-31(17-15-29)28(34)21-6-4-7-22(19-21)32(35)36/h2-8,11,18-19,27H,9-10,12-17H2,1H3. The van der Waals surface area contributed by atoms with E-state index in [2.05, 4.69) is 47.5 Å². The molecule has 1 aromatic heterocycles. The van der Waals surface area contributed by atoms with Crippen molar-refractivity contribution in [1.29, 1.82) is 0 Å². The SMILES string of the molecule is Cc1ccccc1C1c2ccsc2CCN1CCC(=O)N1CCN(C(=O)c2cccc([N+](=O)[O-])c2)CC1. The van der Waals surface area contributed by atoms with Gasteiger partial charge in [-0.05, 0) is 47.5 Å². The highest BCUT2D eigenvalue weighted by atomic mass is 32.1. The zero-order valence-electron chi connectivity index (χ0n) is 20.8. The minimum Gasteiger partial charge on any atom is -0.339 e. The van der Waals surface area contributed by atoms with Gasteiger partial charge in [-0.25, -0.2) is 0 Å². The van der Waals surface area contributed by atoms with Crippen LogP contribution in [0.5, 0.6) is 0 Å². The zero-order valence-corrected chi connectivity index (χ0v) is 21.7. The molecule has 0 spiro atoms. The Hall–Kier alpha value is -3.56. The molecular formula is C28H30N4O4S. The molecule has 9 heteroatoms. The molecule has 1 unspecified atom stereocenters. The Bertz CT molecular complexity index is 1310. The van der Waals surface area contributed by atoms with Crippen LogP contribution in [0.15, 0.2) is 60.0 Å². The molecule has 3 aromatic rings. The van der Waals surface area contributed by atoms with Crippen LogP contribution in [0, 0.1) is 17.0 Å². The molecule has 5 rings (SSSR count). The molecule has 0 N–H and O–H groups in total. The van der Waals surface area contributed by atoms with E-state index in [1.165, 1.54) is 39.8 Å². The van der Waals surface area contributed by atoms with Crippen molar-refractivity contribution in [2.75, 3.05) is 39.3 Å². The van der Waals surface area contributed by atoms with Crippen LogP contribution in [0.3, 0.4) is 0 Å². The molecule has 2 aromatic carbocycles. The van der Waals surface area contributed by atoms with Gasteiger partial charge in [0, 0.05) is 68.3 Å². The van der Waals surface area contributed by atoms with Gasteiger partial charge in [0.25, 0.3) is 11.6 Å². The predicted molar refractivity (Wildman–Crippen MR) is 143 cm³/mol. The molecule has 192 valence electrons. The fraction of sp³-hybridized carbons (Fsp3) is 0.357. The lowest BCUT2D eigenvalue weighted by Crippen LogP contribution is -2.51. The summed E-state index contributed by atoms with van der Waals surface area (Å²) < 4.78 is 0. The smallest absolute Gasteiger partial charge is 0.270 e. The number of nitro groups is 1. The summed E-state index contributed by atoms with van der Waals surface area (Å²) in [4.78, 5) is 43.9. The second-order valence-electron chi connectivity index (χ2n) is 9.57. The van der Waals surface area contributed by atoms with Crippen LogP contribution in [-0.4, -0.2) is 70.7 Å². The molecule has 1 saturated heterocycles. The van der Waals surface area contributed by atoms with Crippen molar-refractivity contribution in [2.24, 2.45) is 0 Å². The maximum atomic E-state index is 13.1. The first kappa shape index (κ1) is 25.1. The molecule has 0 bridgehead atoms. The molecule has 3 heterocycles. The third-order valence-corrected chi connectivity index (χ3v) is 8.38. The first-order valence-electron chi connectivity index (χ1n) is 12.6. The van der Waals surface area contributed by atoms with Gasteiger partial charge in [-0.2, -0.15) is 0 Å². The van der Waals surface area contributed by atoms with Crippen molar-refractivity contribution in [1.82, 2.24) is 14.7 Å². The molecule has 0 saturated carbocycles. The summed E-state index contributed by atoms with van der Waals surface area (Å²) in [5.74, 6) is -0.140. The Morgan fingerprint density at radius 1 is 0.973 bits per heavy atom. The maximum Gasteiger partial charge on any atom is 0.270 e. The number of fused-ring (bicyclic) bond motifs is 1. The Morgan fingerprint density at radius 2 is 1.73 bits per heavy atom. The Kier molecular flexibility index (Phi) is 7.34. The number of benzene rings is 2. The van der Waals surface area contributed by atoms with E-state index in [1.54, 1.807) is 11.0 Å². The van der Waals surface area contributed by atoms with Gasteiger partial charge in [0.1, 0.15) is 0 Å². The van der Waals surface area contributed by atoms with Gasteiger partial charge in [-0.1, -0.05) is 30.3 Å². The monoisotopic (exact) mass is 518 g/mol. The molecule has 1 atom stereocenters. The van der Waals surface area contributed by atoms with E-state index >= 15 is 0 Å². The first-order chi connectivity index (χ1) is 17.9. The van der Waals surface area contributed by atoms with E-state index in [-0.39, 0.29) is 23.5 Å². The molecule has 2 amide bonds. The second kappa shape index (κ2) is 10.8. The highest BCUT2D eigenvalue weighted by Gasteiger charge is 2.31. The van der Waals surface area contributed by atoms with E-state index in [4.69, 9.17) is 0 Å². The van der Waals surface area contributed by atoms with Crippen molar-refractivity contribution in [2.45, 2.75) is 25.8 Å². The van der Waals surface area contributed by atoms with Gasteiger partial charge < -0.3 is 9.80 Å².